The van der Waals surface area contributed by atoms with Crippen LogP contribution in [0.3, 0.4) is 0 Å². The molecule has 2 aliphatic heterocycles. The molecule has 2 amide bonds. The molecule has 1 saturated carbocycles. The molecule has 0 bridgehead atoms. The van der Waals surface area contributed by atoms with Crippen molar-refractivity contribution in [1.82, 2.24) is 15.1 Å². The number of carbonyl (C=O) groups excluding carboxylic acids is 2. The topological polar surface area (TPSA) is 52.7 Å². The van der Waals surface area contributed by atoms with Crippen LogP contribution in [0.2, 0.25) is 0 Å². The highest BCUT2D eigenvalue weighted by atomic mass is 32.2. The summed E-state index contributed by atoms with van der Waals surface area (Å²) in [6.45, 7) is 4.02. The standard InChI is InChI=1S/C25H37N3O2S/c29-24(26-20-10-4-2-1-3-5-11-20)19-31-23-13-7-6-12-22(23)25(30)28-17-14-21(18-28)27-15-8-9-16-27/h6-7,12-13,20-21H,1-5,8-11,14-19H2,(H,26,29). The summed E-state index contributed by atoms with van der Waals surface area (Å²) in [4.78, 5) is 31.3. The summed E-state index contributed by atoms with van der Waals surface area (Å²) in [5, 5.41) is 3.24. The number of carbonyl (C=O) groups is 2. The highest BCUT2D eigenvalue weighted by Gasteiger charge is 2.32. The van der Waals surface area contributed by atoms with Crippen LogP contribution >= 0.6 is 11.8 Å². The second-order valence-electron chi connectivity index (χ2n) is 9.33. The molecule has 0 spiro atoms. The molecule has 31 heavy (non-hydrogen) atoms. The van der Waals surface area contributed by atoms with Gasteiger partial charge in [0, 0.05) is 30.1 Å². The zero-order chi connectivity index (χ0) is 21.5. The maximum Gasteiger partial charge on any atom is 0.255 e. The molecule has 1 N–H and O–H groups in total. The van der Waals surface area contributed by atoms with E-state index in [2.05, 4.69) is 10.2 Å². The van der Waals surface area contributed by atoms with E-state index in [1.165, 1.54) is 69.8 Å². The molecule has 1 aromatic carbocycles. The zero-order valence-corrected chi connectivity index (χ0v) is 19.5. The minimum absolute atomic E-state index is 0.0908. The van der Waals surface area contributed by atoms with Gasteiger partial charge in [0.25, 0.3) is 5.91 Å². The summed E-state index contributed by atoms with van der Waals surface area (Å²) >= 11 is 1.50. The summed E-state index contributed by atoms with van der Waals surface area (Å²) in [7, 11) is 0. The van der Waals surface area contributed by atoms with Gasteiger partial charge in [0.2, 0.25) is 5.91 Å². The molecule has 4 rings (SSSR count). The Bertz CT molecular complexity index is 742. The minimum Gasteiger partial charge on any atom is -0.353 e. The Hall–Kier alpha value is -1.53. The second-order valence-corrected chi connectivity index (χ2v) is 10.3. The lowest BCUT2D eigenvalue weighted by atomic mass is 9.97. The van der Waals surface area contributed by atoms with Crippen molar-refractivity contribution in [2.75, 3.05) is 31.9 Å². The second kappa shape index (κ2) is 11.4. The monoisotopic (exact) mass is 443 g/mol. The third-order valence-electron chi connectivity index (χ3n) is 7.05. The fourth-order valence-electron chi connectivity index (χ4n) is 5.28. The van der Waals surface area contributed by atoms with E-state index in [1.54, 1.807) is 0 Å². The molecule has 1 aromatic rings. The Morgan fingerprint density at radius 2 is 1.61 bits per heavy atom. The number of hydrogen-bond donors (Lipinski definition) is 1. The first-order valence-electron chi connectivity index (χ1n) is 12.3. The van der Waals surface area contributed by atoms with Crippen LogP contribution in [-0.2, 0) is 4.79 Å². The van der Waals surface area contributed by atoms with Crippen LogP contribution in [0.25, 0.3) is 0 Å². The van der Waals surface area contributed by atoms with Crippen molar-refractivity contribution in [1.29, 1.82) is 0 Å². The first kappa shape index (κ1) is 22.7. The van der Waals surface area contributed by atoms with Crippen LogP contribution in [0, 0.1) is 0 Å². The van der Waals surface area contributed by atoms with Gasteiger partial charge in [-0.3, -0.25) is 14.5 Å². The molecule has 170 valence electrons. The lowest BCUT2D eigenvalue weighted by molar-refractivity contribution is -0.119. The van der Waals surface area contributed by atoms with Crippen LogP contribution in [0.1, 0.15) is 74.6 Å². The summed E-state index contributed by atoms with van der Waals surface area (Å²) in [6.07, 6.45) is 12.2. The van der Waals surface area contributed by atoms with E-state index in [0.717, 1.165) is 42.8 Å². The van der Waals surface area contributed by atoms with Crippen molar-refractivity contribution in [3.8, 4) is 0 Å². The van der Waals surface area contributed by atoms with Gasteiger partial charge in [-0.1, -0.05) is 44.2 Å². The predicted octanol–water partition coefficient (Wildman–Crippen LogP) is 4.32. The lowest BCUT2D eigenvalue weighted by Crippen LogP contribution is -2.37. The van der Waals surface area contributed by atoms with E-state index in [1.807, 2.05) is 29.2 Å². The Balaban J connectivity index is 1.30. The number of amides is 2. The Morgan fingerprint density at radius 1 is 0.903 bits per heavy atom. The highest BCUT2D eigenvalue weighted by molar-refractivity contribution is 8.00. The first-order valence-corrected chi connectivity index (χ1v) is 13.2. The molecule has 3 fully saturated rings. The quantitative estimate of drug-likeness (QED) is 0.666. The SMILES string of the molecule is O=C(CSc1ccccc1C(=O)N1CCC(N2CCCC2)C1)NC1CCCCCCC1. The van der Waals surface area contributed by atoms with Crippen LogP contribution < -0.4 is 5.32 Å². The Labute approximate surface area is 191 Å². The van der Waals surface area contributed by atoms with E-state index in [0.29, 0.717) is 17.8 Å². The molecule has 1 unspecified atom stereocenters. The van der Waals surface area contributed by atoms with Gasteiger partial charge in [0.1, 0.15) is 0 Å². The zero-order valence-electron chi connectivity index (χ0n) is 18.7. The van der Waals surface area contributed by atoms with Crippen LogP contribution in [0.5, 0.6) is 0 Å². The fourth-order valence-corrected chi connectivity index (χ4v) is 6.14. The van der Waals surface area contributed by atoms with Crippen LogP contribution in [-0.4, -0.2) is 65.6 Å². The molecular weight excluding hydrogens is 406 g/mol. The number of rotatable bonds is 6. The van der Waals surface area contributed by atoms with E-state index in [9.17, 15) is 9.59 Å². The summed E-state index contributed by atoms with van der Waals surface area (Å²) in [5.41, 5.74) is 0.744. The number of benzene rings is 1. The predicted molar refractivity (Wildman–Crippen MR) is 127 cm³/mol. The number of nitrogens with one attached hydrogen (secondary N) is 1. The lowest BCUT2D eigenvalue weighted by Gasteiger charge is -2.24. The minimum atomic E-state index is 0.0908. The molecular formula is C25H37N3O2S. The third-order valence-corrected chi connectivity index (χ3v) is 8.13. The summed E-state index contributed by atoms with van der Waals surface area (Å²) in [5.74, 6) is 0.579. The molecule has 0 radical (unpaired) electrons. The number of thioether (sulfide) groups is 1. The van der Waals surface area contributed by atoms with E-state index in [4.69, 9.17) is 0 Å². The van der Waals surface area contributed by atoms with Crippen molar-refractivity contribution < 1.29 is 9.59 Å². The molecule has 2 heterocycles. The molecule has 3 aliphatic rings. The fraction of sp³-hybridized carbons (Fsp3) is 0.680. The van der Waals surface area contributed by atoms with Crippen LogP contribution in [0.15, 0.2) is 29.2 Å². The van der Waals surface area contributed by atoms with Gasteiger partial charge in [0.05, 0.1) is 11.3 Å². The normalized spacial score (nSPS) is 23.5. The van der Waals surface area contributed by atoms with Gasteiger partial charge in [-0.2, -0.15) is 0 Å². The number of hydrogen-bond acceptors (Lipinski definition) is 4. The maximum absolute atomic E-state index is 13.3. The van der Waals surface area contributed by atoms with Crippen molar-refractivity contribution in [2.45, 2.75) is 81.2 Å². The van der Waals surface area contributed by atoms with Gasteiger partial charge in [0.15, 0.2) is 0 Å². The van der Waals surface area contributed by atoms with Gasteiger partial charge < -0.3 is 10.2 Å². The van der Waals surface area contributed by atoms with Gasteiger partial charge in [-0.15, -0.1) is 11.8 Å². The van der Waals surface area contributed by atoms with E-state index < -0.39 is 0 Å². The summed E-state index contributed by atoms with van der Waals surface area (Å²) < 4.78 is 0. The smallest absolute Gasteiger partial charge is 0.255 e. The van der Waals surface area contributed by atoms with Crippen LogP contribution in [0.4, 0.5) is 0 Å². The largest absolute Gasteiger partial charge is 0.353 e. The highest BCUT2D eigenvalue weighted by Crippen LogP contribution is 2.27. The Kier molecular flexibility index (Phi) is 8.31. The van der Waals surface area contributed by atoms with E-state index in [-0.39, 0.29) is 11.8 Å². The maximum atomic E-state index is 13.3. The molecule has 6 heteroatoms. The van der Waals surface area contributed by atoms with Gasteiger partial charge in [-0.25, -0.2) is 0 Å². The average molecular weight is 444 g/mol. The molecule has 5 nitrogen and oxygen atoms in total. The van der Waals surface area contributed by atoms with E-state index >= 15 is 0 Å². The van der Waals surface area contributed by atoms with Crippen molar-refractivity contribution in [3.63, 3.8) is 0 Å². The molecule has 2 saturated heterocycles. The average Bonchev–Trinajstić information content (AvgIpc) is 3.46. The van der Waals surface area contributed by atoms with Crippen molar-refractivity contribution in [2.24, 2.45) is 0 Å². The van der Waals surface area contributed by atoms with Gasteiger partial charge >= 0.3 is 0 Å². The van der Waals surface area contributed by atoms with Crippen molar-refractivity contribution in [3.05, 3.63) is 29.8 Å². The summed E-state index contributed by atoms with van der Waals surface area (Å²) in [6, 6.07) is 8.62. The molecule has 1 atom stereocenters. The number of nitrogens with zero attached hydrogens (tertiary/aromatic N) is 2. The molecule has 1 aliphatic carbocycles. The Morgan fingerprint density at radius 3 is 2.39 bits per heavy atom. The molecule has 0 aromatic heterocycles. The van der Waals surface area contributed by atoms with Gasteiger partial charge in [-0.05, 0) is 57.3 Å². The third kappa shape index (κ3) is 6.26. The first-order chi connectivity index (χ1) is 15.2. The number of likely N-dealkylation sites (tertiary alicyclic amines) is 2. The van der Waals surface area contributed by atoms with Crippen molar-refractivity contribution >= 4 is 23.6 Å².